The van der Waals surface area contributed by atoms with E-state index in [1.165, 1.54) is 16.3 Å². The number of nitrogens with zero attached hydrogens (tertiary/aromatic N) is 1. The maximum absolute atomic E-state index is 11.4. The average Bonchev–Trinajstić information content (AvgIpc) is 3.32. The fourth-order valence-corrected chi connectivity index (χ4v) is 5.09. The summed E-state index contributed by atoms with van der Waals surface area (Å²) in [5, 5.41) is 13.1. The molecule has 2 fully saturated rings. The van der Waals surface area contributed by atoms with Crippen LogP contribution in [0.4, 0.5) is 0 Å². The fourth-order valence-electron chi connectivity index (χ4n) is 5.09. The van der Waals surface area contributed by atoms with Crippen molar-refractivity contribution < 1.29 is 24.1 Å². The van der Waals surface area contributed by atoms with Crippen LogP contribution in [-0.4, -0.2) is 55.4 Å². The number of fused-ring (bicyclic) bond motifs is 1. The van der Waals surface area contributed by atoms with Crippen molar-refractivity contribution in [2.24, 2.45) is 0 Å². The van der Waals surface area contributed by atoms with Crippen molar-refractivity contribution in [3.05, 3.63) is 77.5 Å². The molecule has 1 atom stereocenters. The maximum Gasteiger partial charge on any atom is 0.311 e. The van der Waals surface area contributed by atoms with Gasteiger partial charge in [-0.05, 0) is 72.5 Å². The second kappa shape index (κ2) is 11.1. The minimum atomic E-state index is -0.581. The standard InChI is InChI=1S/C30H33NO5/c1-34-27-9-8-23-16-22(6-7-24(23)17-27)21-12-14-31(15-13-21)19-26(32)20-35-29-5-3-2-4-25(29)18-28-10-11-30(33)36-28/h2-9,16-18,21,26,32H,10-15,19-20H2,1H3/t26-/m0/s1. The highest BCUT2D eigenvalue weighted by atomic mass is 16.5. The number of carbonyl (C=O) groups excluding carboxylic acids is 1. The molecule has 3 aromatic carbocycles. The van der Waals surface area contributed by atoms with Crippen LogP contribution in [0.15, 0.2) is 66.4 Å². The van der Waals surface area contributed by atoms with E-state index < -0.39 is 6.10 Å². The van der Waals surface area contributed by atoms with Gasteiger partial charge in [-0.15, -0.1) is 0 Å². The zero-order valence-corrected chi connectivity index (χ0v) is 20.7. The van der Waals surface area contributed by atoms with E-state index >= 15 is 0 Å². The summed E-state index contributed by atoms with van der Waals surface area (Å²) in [6, 6.07) is 20.6. The van der Waals surface area contributed by atoms with Crippen molar-refractivity contribution in [3.8, 4) is 11.5 Å². The molecule has 3 aromatic rings. The van der Waals surface area contributed by atoms with Gasteiger partial charge >= 0.3 is 5.97 Å². The van der Waals surface area contributed by atoms with Crippen LogP contribution >= 0.6 is 0 Å². The molecule has 0 spiro atoms. The van der Waals surface area contributed by atoms with Crippen LogP contribution in [0.3, 0.4) is 0 Å². The van der Waals surface area contributed by atoms with Gasteiger partial charge in [-0.2, -0.15) is 0 Å². The van der Waals surface area contributed by atoms with Gasteiger partial charge in [0, 0.05) is 18.5 Å². The average molecular weight is 488 g/mol. The summed E-state index contributed by atoms with van der Waals surface area (Å²) in [4.78, 5) is 13.7. The number of β-amino-alcohol motifs (C(OH)–C–C–N with tert-alkyl or cyclic N) is 1. The SMILES string of the molecule is COc1ccc2cc(C3CCN(C[C@H](O)COc4ccccc4C=C4CCC(=O)O4)CC3)ccc2c1. The Morgan fingerprint density at radius 3 is 2.61 bits per heavy atom. The first kappa shape index (κ1) is 24.3. The Kier molecular flexibility index (Phi) is 7.54. The number of likely N-dealkylation sites (tertiary alicyclic amines) is 1. The molecule has 0 bridgehead atoms. The van der Waals surface area contributed by atoms with E-state index in [0.29, 0.717) is 36.8 Å². The van der Waals surface area contributed by atoms with E-state index in [-0.39, 0.29) is 12.6 Å². The number of allylic oxidation sites excluding steroid dienone is 1. The lowest BCUT2D eigenvalue weighted by atomic mass is 9.88. The lowest BCUT2D eigenvalue weighted by Gasteiger charge is -2.33. The molecule has 1 N–H and O–H groups in total. The number of esters is 1. The third-order valence-corrected chi connectivity index (χ3v) is 7.09. The van der Waals surface area contributed by atoms with E-state index in [9.17, 15) is 9.90 Å². The van der Waals surface area contributed by atoms with Gasteiger partial charge in [0.15, 0.2) is 0 Å². The predicted octanol–water partition coefficient (Wildman–Crippen LogP) is 5.15. The molecular formula is C30H33NO5. The van der Waals surface area contributed by atoms with Gasteiger partial charge in [0.2, 0.25) is 0 Å². The Balaban J connectivity index is 1.12. The monoisotopic (exact) mass is 487 g/mol. The number of aliphatic hydroxyl groups excluding tert-OH is 1. The molecule has 0 aromatic heterocycles. The predicted molar refractivity (Wildman–Crippen MR) is 140 cm³/mol. The van der Waals surface area contributed by atoms with Crippen molar-refractivity contribution in [2.45, 2.75) is 37.7 Å². The number of cyclic esters (lactones) is 1. The van der Waals surface area contributed by atoms with Crippen LogP contribution in [0.1, 0.15) is 42.7 Å². The molecule has 0 aliphatic carbocycles. The van der Waals surface area contributed by atoms with E-state index in [1.807, 2.05) is 36.4 Å². The Labute approximate surface area is 212 Å². The summed E-state index contributed by atoms with van der Waals surface area (Å²) >= 11 is 0. The summed E-state index contributed by atoms with van der Waals surface area (Å²) in [5.41, 5.74) is 2.24. The highest BCUT2D eigenvalue weighted by molar-refractivity contribution is 5.84. The van der Waals surface area contributed by atoms with Gasteiger partial charge < -0.3 is 24.2 Å². The van der Waals surface area contributed by atoms with E-state index in [1.54, 1.807) is 7.11 Å². The summed E-state index contributed by atoms with van der Waals surface area (Å²) in [5.74, 6) is 2.56. The second-order valence-corrected chi connectivity index (χ2v) is 9.63. The lowest BCUT2D eigenvalue weighted by Crippen LogP contribution is -2.40. The highest BCUT2D eigenvalue weighted by Gasteiger charge is 2.23. The molecule has 2 heterocycles. The Bertz CT molecular complexity index is 1250. The number of rotatable bonds is 8. The minimum absolute atomic E-state index is 0.194. The molecule has 5 rings (SSSR count). The third-order valence-electron chi connectivity index (χ3n) is 7.09. The summed E-state index contributed by atoms with van der Waals surface area (Å²) in [6.45, 7) is 2.71. The topological polar surface area (TPSA) is 68.2 Å². The van der Waals surface area contributed by atoms with Crippen LogP contribution in [0.2, 0.25) is 0 Å². The molecule has 2 saturated heterocycles. The number of benzene rings is 3. The summed E-state index contributed by atoms with van der Waals surface area (Å²) < 4.78 is 16.5. The van der Waals surface area contributed by atoms with Gasteiger partial charge in [-0.3, -0.25) is 4.79 Å². The zero-order chi connectivity index (χ0) is 24.9. The van der Waals surface area contributed by atoms with E-state index in [2.05, 4.69) is 35.2 Å². The molecule has 36 heavy (non-hydrogen) atoms. The minimum Gasteiger partial charge on any atom is -0.497 e. The molecule has 6 nitrogen and oxygen atoms in total. The summed E-state index contributed by atoms with van der Waals surface area (Å²) in [7, 11) is 1.69. The number of methoxy groups -OCH3 is 1. The molecule has 6 heteroatoms. The maximum atomic E-state index is 11.4. The van der Waals surface area contributed by atoms with Gasteiger partial charge in [0.25, 0.3) is 0 Å². The van der Waals surface area contributed by atoms with E-state index in [4.69, 9.17) is 14.2 Å². The number of ether oxygens (including phenoxy) is 3. The van der Waals surface area contributed by atoms with Crippen LogP contribution in [0.25, 0.3) is 16.8 Å². The van der Waals surface area contributed by atoms with Crippen molar-refractivity contribution in [1.82, 2.24) is 4.90 Å². The van der Waals surface area contributed by atoms with Crippen molar-refractivity contribution in [1.29, 1.82) is 0 Å². The van der Waals surface area contributed by atoms with Crippen molar-refractivity contribution in [3.63, 3.8) is 0 Å². The number of hydrogen-bond donors (Lipinski definition) is 1. The molecular weight excluding hydrogens is 454 g/mol. The number of piperidine rings is 1. The van der Waals surface area contributed by atoms with Gasteiger partial charge in [0.05, 0.1) is 13.5 Å². The first-order valence-corrected chi connectivity index (χ1v) is 12.7. The normalized spacial score (nSPS) is 18.9. The fraction of sp³-hybridized carbons (Fsp3) is 0.367. The Morgan fingerprint density at radius 2 is 1.83 bits per heavy atom. The molecule has 2 aliphatic heterocycles. The zero-order valence-electron chi connectivity index (χ0n) is 20.7. The van der Waals surface area contributed by atoms with E-state index in [0.717, 1.165) is 37.2 Å². The Hall–Kier alpha value is -3.35. The first-order chi connectivity index (χ1) is 17.6. The van der Waals surface area contributed by atoms with Crippen molar-refractivity contribution >= 4 is 22.8 Å². The van der Waals surface area contributed by atoms with Crippen LogP contribution in [0.5, 0.6) is 11.5 Å². The highest BCUT2D eigenvalue weighted by Crippen LogP contribution is 2.31. The summed E-state index contributed by atoms with van der Waals surface area (Å²) in [6.07, 6.45) is 4.44. The van der Waals surface area contributed by atoms with Crippen LogP contribution in [0, 0.1) is 0 Å². The molecule has 0 unspecified atom stereocenters. The van der Waals surface area contributed by atoms with Gasteiger partial charge in [0.1, 0.15) is 30.0 Å². The number of carbonyl (C=O) groups is 1. The van der Waals surface area contributed by atoms with Gasteiger partial charge in [-0.1, -0.05) is 42.5 Å². The van der Waals surface area contributed by atoms with Gasteiger partial charge in [-0.25, -0.2) is 0 Å². The second-order valence-electron chi connectivity index (χ2n) is 9.63. The number of aliphatic hydroxyl groups is 1. The van der Waals surface area contributed by atoms with Crippen molar-refractivity contribution in [2.75, 3.05) is 33.4 Å². The largest absolute Gasteiger partial charge is 0.497 e. The van der Waals surface area contributed by atoms with Crippen LogP contribution in [-0.2, 0) is 9.53 Å². The lowest BCUT2D eigenvalue weighted by molar-refractivity contribution is -0.135. The molecule has 0 saturated carbocycles. The molecule has 188 valence electrons. The third kappa shape index (κ3) is 5.89. The molecule has 2 aliphatic rings. The number of hydrogen-bond acceptors (Lipinski definition) is 6. The first-order valence-electron chi connectivity index (χ1n) is 12.7. The smallest absolute Gasteiger partial charge is 0.311 e. The Morgan fingerprint density at radius 1 is 1.06 bits per heavy atom. The molecule has 0 radical (unpaired) electrons. The number of para-hydroxylation sites is 1. The van der Waals surface area contributed by atoms with Crippen LogP contribution < -0.4 is 9.47 Å². The quantitative estimate of drug-likeness (QED) is 0.444. The molecule has 0 amide bonds.